The second kappa shape index (κ2) is 8.22. The van der Waals surface area contributed by atoms with Gasteiger partial charge in [-0.2, -0.15) is 11.8 Å². The van der Waals surface area contributed by atoms with Gasteiger partial charge < -0.3 is 10.4 Å². The van der Waals surface area contributed by atoms with Crippen molar-refractivity contribution in [3.8, 4) is 0 Å². The van der Waals surface area contributed by atoms with Crippen molar-refractivity contribution in [1.29, 1.82) is 0 Å². The summed E-state index contributed by atoms with van der Waals surface area (Å²) in [5.74, 6) is 0.833. The van der Waals surface area contributed by atoms with Crippen LogP contribution in [0.15, 0.2) is 17.5 Å². The Morgan fingerprint density at radius 1 is 1.47 bits per heavy atom. The molecule has 1 aromatic rings. The fraction of sp³-hybridized carbons (Fsp3) is 0.538. The predicted molar refractivity (Wildman–Crippen MR) is 79.6 cm³/mol. The average molecular weight is 301 g/mol. The molecule has 0 aromatic carbocycles. The molecule has 0 aliphatic carbocycles. The number of carbonyl (C=O) groups excluding carboxylic acids is 1. The number of amides is 1. The number of carbonyl (C=O) groups is 2. The van der Waals surface area contributed by atoms with E-state index in [-0.39, 0.29) is 12.3 Å². The molecule has 0 aliphatic rings. The first-order valence-corrected chi connectivity index (χ1v) is 8.14. The average Bonchev–Trinajstić information content (AvgIpc) is 2.80. The van der Waals surface area contributed by atoms with Gasteiger partial charge in [0.25, 0.3) is 0 Å². The van der Waals surface area contributed by atoms with Gasteiger partial charge in [-0.05, 0) is 23.1 Å². The van der Waals surface area contributed by atoms with E-state index in [0.717, 1.165) is 10.6 Å². The molecule has 0 unspecified atom stereocenters. The molecule has 6 heteroatoms. The standard InChI is InChI=1S/C13H19NO3S2/c1-9(2)7-18-8-12(15)14-10(6-13(16)17)11-4-3-5-19-11/h3-5,9-10H,6-8H2,1-2H3,(H,14,15)(H,16,17)/t10-/m1/s1. The van der Waals surface area contributed by atoms with Gasteiger partial charge in [-0.15, -0.1) is 11.3 Å². The first-order valence-electron chi connectivity index (χ1n) is 6.11. The third kappa shape index (κ3) is 6.63. The molecule has 0 radical (unpaired) electrons. The Balaban J connectivity index is 2.48. The Morgan fingerprint density at radius 2 is 2.21 bits per heavy atom. The Bertz CT molecular complexity index is 404. The summed E-state index contributed by atoms with van der Waals surface area (Å²) < 4.78 is 0. The zero-order chi connectivity index (χ0) is 14.3. The number of carboxylic acids is 1. The molecule has 0 spiro atoms. The molecule has 19 heavy (non-hydrogen) atoms. The summed E-state index contributed by atoms with van der Waals surface area (Å²) >= 11 is 3.03. The normalized spacial score (nSPS) is 12.4. The summed E-state index contributed by atoms with van der Waals surface area (Å²) in [6, 6.07) is 3.28. The SMILES string of the molecule is CC(C)CSCC(=O)N[C@H](CC(=O)O)c1cccs1. The van der Waals surface area contributed by atoms with Crippen LogP contribution in [-0.2, 0) is 9.59 Å². The van der Waals surface area contributed by atoms with Crippen LogP contribution in [0.5, 0.6) is 0 Å². The summed E-state index contributed by atoms with van der Waals surface area (Å²) in [5.41, 5.74) is 0. The van der Waals surface area contributed by atoms with Crippen LogP contribution < -0.4 is 5.32 Å². The zero-order valence-corrected chi connectivity index (χ0v) is 12.7. The maximum absolute atomic E-state index is 11.8. The summed E-state index contributed by atoms with van der Waals surface area (Å²) in [6.45, 7) is 4.20. The lowest BCUT2D eigenvalue weighted by Crippen LogP contribution is -2.31. The van der Waals surface area contributed by atoms with Crippen molar-refractivity contribution < 1.29 is 14.7 Å². The summed E-state index contributed by atoms with van der Waals surface area (Å²) in [7, 11) is 0. The van der Waals surface area contributed by atoms with E-state index < -0.39 is 12.0 Å². The number of hydrogen-bond acceptors (Lipinski definition) is 4. The van der Waals surface area contributed by atoms with Gasteiger partial charge in [-0.1, -0.05) is 19.9 Å². The predicted octanol–water partition coefficient (Wildman–Crippen LogP) is 2.77. The van der Waals surface area contributed by atoms with E-state index in [9.17, 15) is 9.59 Å². The highest BCUT2D eigenvalue weighted by molar-refractivity contribution is 7.99. The largest absolute Gasteiger partial charge is 0.481 e. The number of rotatable bonds is 8. The van der Waals surface area contributed by atoms with E-state index >= 15 is 0 Å². The minimum Gasteiger partial charge on any atom is -0.481 e. The van der Waals surface area contributed by atoms with Crippen LogP contribution in [0.4, 0.5) is 0 Å². The highest BCUT2D eigenvalue weighted by atomic mass is 32.2. The Morgan fingerprint density at radius 3 is 2.74 bits per heavy atom. The third-order valence-corrected chi connectivity index (χ3v) is 4.64. The van der Waals surface area contributed by atoms with Gasteiger partial charge in [0, 0.05) is 4.88 Å². The fourth-order valence-electron chi connectivity index (χ4n) is 1.51. The van der Waals surface area contributed by atoms with Crippen LogP contribution in [0.25, 0.3) is 0 Å². The molecule has 1 heterocycles. The van der Waals surface area contributed by atoms with Crippen molar-refractivity contribution >= 4 is 35.0 Å². The Kier molecular flexibility index (Phi) is 6.94. The summed E-state index contributed by atoms with van der Waals surface area (Å²) in [4.78, 5) is 23.5. The maximum Gasteiger partial charge on any atom is 0.305 e. The van der Waals surface area contributed by atoms with E-state index in [2.05, 4.69) is 19.2 Å². The Labute approximate surface area is 121 Å². The van der Waals surface area contributed by atoms with Crippen molar-refractivity contribution in [3.63, 3.8) is 0 Å². The molecule has 0 aliphatic heterocycles. The topological polar surface area (TPSA) is 66.4 Å². The number of nitrogens with one attached hydrogen (secondary N) is 1. The number of thioether (sulfide) groups is 1. The third-order valence-electron chi connectivity index (χ3n) is 2.28. The molecule has 2 N–H and O–H groups in total. The highest BCUT2D eigenvalue weighted by Gasteiger charge is 2.18. The van der Waals surface area contributed by atoms with E-state index in [1.54, 1.807) is 11.8 Å². The molecule has 0 saturated heterocycles. The molecule has 0 fully saturated rings. The molecular weight excluding hydrogens is 282 g/mol. The van der Waals surface area contributed by atoms with E-state index in [1.165, 1.54) is 11.3 Å². The molecule has 1 aromatic heterocycles. The van der Waals surface area contributed by atoms with E-state index in [0.29, 0.717) is 11.7 Å². The van der Waals surface area contributed by atoms with Crippen molar-refractivity contribution in [2.24, 2.45) is 5.92 Å². The van der Waals surface area contributed by atoms with Crippen LogP contribution in [0.2, 0.25) is 0 Å². The lowest BCUT2D eigenvalue weighted by molar-refractivity contribution is -0.137. The lowest BCUT2D eigenvalue weighted by Gasteiger charge is -2.15. The fourth-order valence-corrected chi connectivity index (χ4v) is 3.15. The second-order valence-electron chi connectivity index (χ2n) is 4.64. The number of carboxylic acid groups (broad SMARTS) is 1. The number of hydrogen-bond donors (Lipinski definition) is 2. The molecule has 4 nitrogen and oxygen atoms in total. The monoisotopic (exact) mass is 301 g/mol. The van der Waals surface area contributed by atoms with Crippen molar-refractivity contribution in [3.05, 3.63) is 22.4 Å². The minimum atomic E-state index is -0.909. The van der Waals surface area contributed by atoms with Crippen LogP contribution >= 0.6 is 23.1 Å². The molecule has 1 atom stereocenters. The highest BCUT2D eigenvalue weighted by Crippen LogP contribution is 2.22. The van der Waals surface area contributed by atoms with Crippen LogP contribution in [0.3, 0.4) is 0 Å². The molecule has 1 rings (SSSR count). The first-order chi connectivity index (χ1) is 8.99. The quantitative estimate of drug-likeness (QED) is 0.775. The van der Waals surface area contributed by atoms with Gasteiger partial charge in [0.15, 0.2) is 0 Å². The molecule has 1 amide bonds. The molecule has 0 bridgehead atoms. The first kappa shape index (κ1) is 16.0. The van der Waals surface area contributed by atoms with Gasteiger partial charge in [-0.25, -0.2) is 0 Å². The van der Waals surface area contributed by atoms with Crippen LogP contribution in [0.1, 0.15) is 31.2 Å². The van der Waals surface area contributed by atoms with Crippen LogP contribution in [0, 0.1) is 5.92 Å². The smallest absolute Gasteiger partial charge is 0.305 e. The van der Waals surface area contributed by atoms with Crippen molar-refractivity contribution in [2.45, 2.75) is 26.3 Å². The molecular formula is C13H19NO3S2. The van der Waals surface area contributed by atoms with Crippen LogP contribution in [-0.4, -0.2) is 28.5 Å². The maximum atomic E-state index is 11.8. The second-order valence-corrected chi connectivity index (χ2v) is 6.65. The van der Waals surface area contributed by atoms with Gasteiger partial charge in [0.1, 0.15) is 0 Å². The van der Waals surface area contributed by atoms with Crippen molar-refractivity contribution in [2.75, 3.05) is 11.5 Å². The van der Waals surface area contributed by atoms with Crippen molar-refractivity contribution in [1.82, 2.24) is 5.32 Å². The molecule has 0 saturated carbocycles. The molecule has 106 valence electrons. The van der Waals surface area contributed by atoms with Gasteiger partial charge in [0.05, 0.1) is 18.2 Å². The Hall–Kier alpha value is -1.01. The minimum absolute atomic E-state index is 0.0822. The van der Waals surface area contributed by atoms with E-state index in [1.807, 2.05) is 17.5 Å². The zero-order valence-electron chi connectivity index (χ0n) is 11.1. The number of aliphatic carboxylic acids is 1. The van der Waals surface area contributed by atoms with E-state index in [4.69, 9.17) is 5.11 Å². The van der Waals surface area contributed by atoms with Gasteiger partial charge in [-0.3, -0.25) is 9.59 Å². The lowest BCUT2D eigenvalue weighted by atomic mass is 10.1. The summed E-state index contributed by atoms with van der Waals surface area (Å²) in [6.07, 6.45) is -0.0822. The van der Waals surface area contributed by atoms with Gasteiger partial charge >= 0.3 is 5.97 Å². The van der Waals surface area contributed by atoms with Gasteiger partial charge in [0.2, 0.25) is 5.91 Å². The number of thiophene rings is 1. The summed E-state index contributed by atoms with van der Waals surface area (Å²) in [5, 5.41) is 13.6.